The molecule has 5 unspecified atom stereocenters. The van der Waals surface area contributed by atoms with E-state index in [1.807, 2.05) is 18.2 Å². The topological polar surface area (TPSA) is 237 Å². The fraction of sp³-hybridized carbons (Fsp3) is 0.753. The van der Waals surface area contributed by atoms with E-state index in [0.29, 0.717) is 25.7 Å². The van der Waals surface area contributed by atoms with Crippen molar-refractivity contribution in [2.45, 2.75) is 316 Å². The molecule has 0 rings (SSSR count). The highest BCUT2D eigenvalue weighted by molar-refractivity contribution is 7.47. The Morgan fingerprint density at radius 1 is 0.326 bits per heavy atom. The molecule has 5 atom stereocenters. The number of unbranched alkanes of at least 4 members (excludes halogenated alkanes) is 28. The molecule has 19 heteroatoms. The van der Waals surface area contributed by atoms with Gasteiger partial charge in [-0.05, 0) is 96.3 Å². The van der Waals surface area contributed by atoms with Crippen LogP contribution in [0.1, 0.15) is 297 Å². The molecule has 0 aromatic rings. The van der Waals surface area contributed by atoms with Crippen molar-refractivity contribution in [3.63, 3.8) is 0 Å². The number of aliphatic hydroxyl groups excluding tert-OH is 1. The second-order valence-corrected chi connectivity index (χ2v) is 26.7. The number of carbonyl (C=O) groups excluding carboxylic acids is 4. The first-order valence-electron chi connectivity index (χ1n) is 35.8. The lowest BCUT2D eigenvalue weighted by molar-refractivity contribution is -0.161. The number of carbonyl (C=O) groups is 4. The van der Waals surface area contributed by atoms with Gasteiger partial charge < -0.3 is 33.8 Å². The number of ether oxygens (including phenoxy) is 4. The zero-order valence-corrected chi connectivity index (χ0v) is 59.5. The monoisotopic (exact) mass is 1340 g/mol. The van der Waals surface area contributed by atoms with E-state index in [2.05, 4.69) is 88.5 Å². The number of hydrogen-bond donors (Lipinski definition) is 3. The van der Waals surface area contributed by atoms with Crippen molar-refractivity contribution in [3.05, 3.63) is 85.1 Å². The minimum Gasteiger partial charge on any atom is -0.462 e. The second kappa shape index (κ2) is 65.9. The summed E-state index contributed by atoms with van der Waals surface area (Å²) in [6.07, 6.45) is 64.9. The molecule has 0 bridgehead atoms. The van der Waals surface area contributed by atoms with Crippen LogP contribution >= 0.6 is 15.6 Å². The van der Waals surface area contributed by atoms with Gasteiger partial charge >= 0.3 is 39.5 Å². The predicted octanol–water partition coefficient (Wildman–Crippen LogP) is 19.9. The van der Waals surface area contributed by atoms with Crippen molar-refractivity contribution in [1.82, 2.24) is 0 Å². The average molecular weight is 1340 g/mol. The highest BCUT2D eigenvalue weighted by Gasteiger charge is 2.30. The number of rotatable bonds is 67. The summed E-state index contributed by atoms with van der Waals surface area (Å²) in [6, 6.07) is 0. The quantitative estimate of drug-likeness (QED) is 0.0169. The third-order valence-electron chi connectivity index (χ3n) is 14.9. The van der Waals surface area contributed by atoms with Gasteiger partial charge in [-0.25, -0.2) is 9.13 Å². The zero-order valence-electron chi connectivity index (χ0n) is 57.7. The largest absolute Gasteiger partial charge is 0.472 e. The Hall–Kier alpha value is -3.76. The fourth-order valence-corrected chi connectivity index (χ4v) is 11.0. The zero-order chi connectivity index (χ0) is 67.5. The van der Waals surface area contributed by atoms with Crippen LogP contribution < -0.4 is 0 Å². The van der Waals surface area contributed by atoms with Crippen molar-refractivity contribution in [2.75, 3.05) is 39.6 Å². The lowest BCUT2D eigenvalue weighted by Crippen LogP contribution is -2.30. The van der Waals surface area contributed by atoms with Gasteiger partial charge in [0.15, 0.2) is 12.2 Å². The maximum absolute atomic E-state index is 13.0. The molecule has 0 saturated carbocycles. The first-order valence-corrected chi connectivity index (χ1v) is 38.8. The van der Waals surface area contributed by atoms with Gasteiger partial charge in [0, 0.05) is 19.3 Å². The highest BCUT2D eigenvalue weighted by Crippen LogP contribution is 2.45. The molecular formula is C73H128O17P2. The third-order valence-corrected chi connectivity index (χ3v) is 16.8. The molecule has 0 fully saturated rings. The normalized spacial score (nSPS) is 14.6. The van der Waals surface area contributed by atoms with Gasteiger partial charge in [0.05, 0.1) is 32.8 Å². The summed E-state index contributed by atoms with van der Waals surface area (Å²) in [4.78, 5) is 72.5. The summed E-state index contributed by atoms with van der Waals surface area (Å²) < 4.78 is 68.1. The number of phosphoric acid groups is 2. The van der Waals surface area contributed by atoms with Gasteiger partial charge in [0.25, 0.3) is 0 Å². The van der Waals surface area contributed by atoms with E-state index in [1.54, 1.807) is 6.08 Å². The van der Waals surface area contributed by atoms with Gasteiger partial charge in [-0.3, -0.25) is 37.3 Å². The molecule has 0 radical (unpaired) electrons. The Labute approximate surface area is 557 Å². The van der Waals surface area contributed by atoms with E-state index in [9.17, 15) is 43.2 Å². The summed E-state index contributed by atoms with van der Waals surface area (Å²) in [5.41, 5.74) is 0. The highest BCUT2D eigenvalue weighted by atomic mass is 31.2. The molecule has 3 N–H and O–H groups in total. The minimum absolute atomic E-state index is 0.0658. The molecule has 0 aliphatic carbocycles. The van der Waals surface area contributed by atoms with Crippen molar-refractivity contribution in [2.24, 2.45) is 0 Å². The molecule has 0 spiro atoms. The van der Waals surface area contributed by atoms with E-state index in [1.165, 1.54) is 89.9 Å². The Kier molecular flexibility index (Phi) is 63.2. The Balaban J connectivity index is 5.36. The molecule has 0 aromatic heterocycles. The molecule has 92 heavy (non-hydrogen) atoms. The third kappa shape index (κ3) is 64.9. The Morgan fingerprint density at radius 3 is 0.989 bits per heavy atom. The van der Waals surface area contributed by atoms with Crippen LogP contribution in [0.15, 0.2) is 85.1 Å². The summed E-state index contributed by atoms with van der Waals surface area (Å²) in [7, 11) is -9.95. The number of aliphatic hydroxyl groups is 1. The summed E-state index contributed by atoms with van der Waals surface area (Å²) in [5, 5.41) is 10.6. The molecule has 0 amide bonds. The van der Waals surface area contributed by atoms with Crippen LogP contribution in [0.4, 0.5) is 0 Å². The number of phosphoric ester groups is 2. The second-order valence-electron chi connectivity index (χ2n) is 23.8. The van der Waals surface area contributed by atoms with Gasteiger partial charge in [-0.1, -0.05) is 260 Å². The minimum atomic E-state index is -4.98. The van der Waals surface area contributed by atoms with Crippen LogP contribution in [0, 0.1) is 0 Å². The molecular weight excluding hydrogens is 1210 g/mol. The number of esters is 4. The standard InChI is InChI=1S/C73H128O17P2/c1-5-9-13-17-21-25-29-31-33-35-39-41-45-49-53-57-70(75)83-63-68(89-72(77)59-55-51-47-43-37-27-23-19-15-11-7-3)65-87-91(79,80)85-61-67(74)62-86-92(81,82)88-66-69(90-73(78)60-56-52-48-44-38-28-24-20-16-12-8-4)64-84-71(76)58-54-50-46-42-40-36-34-32-30-26-22-18-14-10-6-2/h9,13,19,21,23,25,31-34,39,41,49,53,67-69,74H,5-8,10-12,14-18,20,22,24,26-30,35-38,40,42-48,50-52,54-66H2,1-4H3,(H,79,80)(H,81,82)/b13-9-,23-19-,25-21-,33-31-,34-32-,41-39-,53-49-. The van der Waals surface area contributed by atoms with Crippen LogP contribution in [0.2, 0.25) is 0 Å². The molecule has 0 aromatic carbocycles. The van der Waals surface area contributed by atoms with Crippen molar-refractivity contribution in [3.8, 4) is 0 Å². The number of allylic oxidation sites excluding steroid dienone is 13. The Morgan fingerprint density at radius 2 is 0.620 bits per heavy atom. The summed E-state index contributed by atoms with van der Waals surface area (Å²) >= 11 is 0. The molecule has 0 aliphatic heterocycles. The molecule has 17 nitrogen and oxygen atoms in total. The SMILES string of the molecule is CC/C=C\C/C=C\C/C=C\C/C=C\C/C=C\CC(=O)OCC(COP(=O)(O)OCC(O)COP(=O)(O)OCC(COC(=O)CCCCCCC/C=C\CCCCCCCC)OC(=O)CCCCCCCCCCCCC)OC(=O)CCCCCCC/C=C\CCCC. The van der Waals surface area contributed by atoms with Gasteiger partial charge in [-0.2, -0.15) is 0 Å². The van der Waals surface area contributed by atoms with E-state index >= 15 is 0 Å². The Bertz CT molecular complexity index is 2090. The first-order chi connectivity index (χ1) is 44.7. The van der Waals surface area contributed by atoms with Crippen molar-refractivity contribution in [1.29, 1.82) is 0 Å². The van der Waals surface area contributed by atoms with E-state index in [0.717, 1.165) is 128 Å². The molecule has 0 saturated heterocycles. The molecule has 532 valence electrons. The lowest BCUT2D eigenvalue weighted by Gasteiger charge is -2.21. The smallest absolute Gasteiger partial charge is 0.462 e. The average Bonchev–Trinajstić information content (AvgIpc) is 2.55. The molecule has 0 aliphatic rings. The van der Waals surface area contributed by atoms with Crippen LogP contribution in [0.25, 0.3) is 0 Å². The summed E-state index contributed by atoms with van der Waals surface area (Å²) in [5.74, 6) is -2.33. The van der Waals surface area contributed by atoms with E-state index in [-0.39, 0.29) is 25.7 Å². The van der Waals surface area contributed by atoms with Crippen LogP contribution in [-0.4, -0.2) is 96.7 Å². The van der Waals surface area contributed by atoms with E-state index < -0.39 is 97.5 Å². The molecule has 0 heterocycles. The predicted molar refractivity (Wildman–Crippen MR) is 372 cm³/mol. The summed E-state index contributed by atoms with van der Waals surface area (Å²) in [6.45, 7) is 4.57. The van der Waals surface area contributed by atoms with Gasteiger partial charge in [0.1, 0.15) is 19.3 Å². The fourth-order valence-electron chi connectivity index (χ4n) is 9.39. The maximum Gasteiger partial charge on any atom is 0.472 e. The maximum atomic E-state index is 13.0. The van der Waals surface area contributed by atoms with Crippen LogP contribution in [0.5, 0.6) is 0 Å². The van der Waals surface area contributed by atoms with Gasteiger partial charge in [-0.15, -0.1) is 0 Å². The van der Waals surface area contributed by atoms with Crippen LogP contribution in [0.3, 0.4) is 0 Å². The van der Waals surface area contributed by atoms with E-state index in [4.69, 9.17) is 37.0 Å². The van der Waals surface area contributed by atoms with Crippen LogP contribution in [-0.2, 0) is 65.4 Å². The van der Waals surface area contributed by atoms with Gasteiger partial charge in [0.2, 0.25) is 0 Å². The number of hydrogen-bond acceptors (Lipinski definition) is 15. The van der Waals surface area contributed by atoms with Crippen molar-refractivity contribution >= 4 is 39.5 Å². The first kappa shape index (κ1) is 88.2. The lowest BCUT2D eigenvalue weighted by atomic mass is 10.1. The van der Waals surface area contributed by atoms with Crippen molar-refractivity contribution < 1.29 is 80.2 Å².